The van der Waals surface area contributed by atoms with Gasteiger partial charge in [-0.2, -0.15) is 0 Å². The SMILES string of the molecule is CC(C)(CC(=O)O)NC(=O)C1(N)CCOC1. The molecular weight excluding hydrogens is 212 g/mol. The first-order chi connectivity index (χ1) is 7.25. The second kappa shape index (κ2) is 4.39. The Labute approximate surface area is 94.1 Å². The zero-order valence-electron chi connectivity index (χ0n) is 9.58. The molecule has 1 aliphatic heterocycles. The van der Waals surface area contributed by atoms with Gasteiger partial charge in [0.25, 0.3) is 0 Å². The van der Waals surface area contributed by atoms with Crippen LogP contribution in [-0.2, 0) is 14.3 Å². The van der Waals surface area contributed by atoms with Crippen molar-refractivity contribution in [2.75, 3.05) is 13.2 Å². The standard InChI is InChI=1S/C10H18N2O4/c1-9(2,5-7(13)14)12-8(15)10(11)3-4-16-6-10/h3-6,11H2,1-2H3,(H,12,15)(H,13,14). The number of aliphatic carboxylic acids is 1. The summed E-state index contributed by atoms with van der Waals surface area (Å²) in [6.07, 6.45) is 0.317. The maximum absolute atomic E-state index is 11.9. The quantitative estimate of drug-likeness (QED) is 0.603. The lowest BCUT2D eigenvalue weighted by atomic mass is 9.94. The highest BCUT2D eigenvalue weighted by atomic mass is 16.5. The smallest absolute Gasteiger partial charge is 0.305 e. The van der Waals surface area contributed by atoms with E-state index in [1.54, 1.807) is 13.8 Å². The van der Waals surface area contributed by atoms with Gasteiger partial charge in [0, 0.05) is 12.1 Å². The van der Waals surface area contributed by atoms with E-state index in [9.17, 15) is 9.59 Å². The minimum atomic E-state index is -1.02. The van der Waals surface area contributed by atoms with Crippen molar-refractivity contribution in [1.82, 2.24) is 5.32 Å². The molecule has 1 unspecified atom stereocenters. The molecule has 4 N–H and O–H groups in total. The van der Waals surface area contributed by atoms with Crippen LogP contribution >= 0.6 is 0 Å². The van der Waals surface area contributed by atoms with E-state index in [0.29, 0.717) is 13.0 Å². The lowest BCUT2D eigenvalue weighted by molar-refractivity contribution is -0.139. The van der Waals surface area contributed by atoms with Crippen molar-refractivity contribution in [3.8, 4) is 0 Å². The molecule has 0 spiro atoms. The molecule has 0 saturated carbocycles. The molecule has 0 aromatic carbocycles. The number of hydrogen-bond acceptors (Lipinski definition) is 4. The molecule has 1 rings (SSSR count). The Morgan fingerprint density at radius 3 is 2.62 bits per heavy atom. The lowest BCUT2D eigenvalue weighted by Gasteiger charge is -2.29. The number of carbonyl (C=O) groups excluding carboxylic acids is 1. The van der Waals surface area contributed by atoms with Gasteiger partial charge in [-0.05, 0) is 20.3 Å². The molecule has 0 radical (unpaired) electrons. The van der Waals surface area contributed by atoms with Crippen LogP contribution in [0.2, 0.25) is 0 Å². The van der Waals surface area contributed by atoms with Gasteiger partial charge < -0.3 is 20.9 Å². The maximum Gasteiger partial charge on any atom is 0.305 e. The van der Waals surface area contributed by atoms with E-state index in [1.165, 1.54) is 0 Å². The Kier molecular flexibility index (Phi) is 3.54. The number of carboxylic acids is 1. The Morgan fingerprint density at radius 2 is 2.19 bits per heavy atom. The van der Waals surface area contributed by atoms with Crippen LogP contribution in [0.3, 0.4) is 0 Å². The van der Waals surface area contributed by atoms with Gasteiger partial charge in [-0.1, -0.05) is 0 Å². The minimum absolute atomic E-state index is 0.143. The normalized spacial score (nSPS) is 25.4. The van der Waals surface area contributed by atoms with Gasteiger partial charge in [-0.3, -0.25) is 9.59 Å². The minimum Gasteiger partial charge on any atom is -0.481 e. The number of hydrogen-bond donors (Lipinski definition) is 3. The zero-order valence-corrected chi connectivity index (χ0v) is 9.58. The van der Waals surface area contributed by atoms with Crippen molar-refractivity contribution in [3.05, 3.63) is 0 Å². The Hall–Kier alpha value is -1.14. The summed E-state index contributed by atoms with van der Waals surface area (Å²) in [7, 11) is 0. The van der Waals surface area contributed by atoms with Gasteiger partial charge in [0.2, 0.25) is 5.91 Å². The third-order valence-electron chi connectivity index (χ3n) is 2.55. The zero-order chi connectivity index (χ0) is 12.4. The summed E-state index contributed by atoms with van der Waals surface area (Å²) in [6.45, 7) is 3.95. The van der Waals surface area contributed by atoms with Crippen molar-refractivity contribution in [2.45, 2.75) is 37.8 Å². The van der Waals surface area contributed by atoms with Gasteiger partial charge in [-0.25, -0.2) is 0 Å². The first-order valence-corrected chi connectivity index (χ1v) is 5.16. The molecule has 0 bridgehead atoms. The second-order valence-electron chi connectivity index (χ2n) is 4.87. The molecule has 1 amide bonds. The highest BCUT2D eigenvalue weighted by molar-refractivity contribution is 5.87. The van der Waals surface area contributed by atoms with Crippen molar-refractivity contribution in [1.29, 1.82) is 0 Å². The van der Waals surface area contributed by atoms with Crippen molar-refractivity contribution < 1.29 is 19.4 Å². The van der Waals surface area contributed by atoms with Gasteiger partial charge >= 0.3 is 5.97 Å². The molecule has 0 aromatic heterocycles. The molecule has 1 aliphatic rings. The summed E-state index contributed by atoms with van der Waals surface area (Å²) < 4.78 is 5.07. The van der Waals surface area contributed by atoms with E-state index in [2.05, 4.69) is 5.32 Å². The molecule has 0 aliphatic carbocycles. The van der Waals surface area contributed by atoms with Crippen LogP contribution in [-0.4, -0.2) is 41.3 Å². The predicted octanol–water partition coefficient (Wildman–Crippen LogP) is -0.526. The van der Waals surface area contributed by atoms with E-state index >= 15 is 0 Å². The van der Waals surface area contributed by atoms with Gasteiger partial charge in [0.1, 0.15) is 5.54 Å². The van der Waals surface area contributed by atoms with Crippen LogP contribution in [0.5, 0.6) is 0 Å². The van der Waals surface area contributed by atoms with Crippen LogP contribution in [0, 0.1) is 0 Å². The molecule has 16 heavy (non-hydrogen) atoms. The summed E-state index contributed by atoms with van der Waals surface area (Å²) in [5.74, 6) is -1.31. The fourth-order valence-corrected chi connectivity index (χ4v) is 1.61. The molecular formula is C10H18N2O4. The molecule has 0 aromatic rings. The van der Waals surface area contributed by atoms with Crippen molar-refractivity contribution >= 4 is 11.9 Å². The number of carbonyl (C=O) groups is 2. The number of carboxylic acid groups (broad SMARTS) is 1. The van der Waals surface area contributed by atoms with E-state index in [0.717, 1.165) is 0 Å². The number of nitrogens with two attached hydrogens (primary N) is 1. The maximum atomic E-state index is 11.9. The Morgan fingerprint density at radius 1 is 1.56 bits per heavy atom. The number of amides is 1. The third kappa shape index (κ3) is 3.18. The largest absolute Gasteiger partial charge is 0.481 e. The van der Waals surface area contributed by atoms with E-state index in [1.807, 2.05) is 0 Å². The highest BCUT2D eigenvalue weighted by Crippen LogP contribution is 2.18. The van der Waals surface area contributed by atoms with Crippen LogP contribution in [0.25, 0.3) is 0 Å². The first kappa shape index (κ1) is 12.9. The molecule has 6 nitrogen and oxygen atoms in total. The summed E-state index contributed by atoms with van der Waals surface area (Å²) in [6, 6.07) is 0. The van der Waals surface area contributed by atoms with Gasteiger partial charge in [-0.15, -0.1) is 0 Å². The van der Waals surface area contributed by atoms with Crippen LogP contribution in [0.4, 0.5) is 0 Å². The molecule has 1 fully saturated rings. The summed E-state index contributed by atoms with van der Waals surface area (Å²) in [5, 5.41) is 11.3. The van der Waals surface area contributed by atoms with Gasteiger partial charge in [0.15, 0.2) is 0 Å². The van der Waals surface area contributed by atoms with Crippen LogP contribution in [0.1, 0.15) is 26.7 Å². The van der Waals surface area contributed by atoms with E-state index in [-0.39, 0.29) is 18.9 Å². The summed E-state index contributed by atoms with van der Waals surface area (Å²) in [4.78, 5) is 22.4. The Balaban J connectivity index is 2.59. The average Bonchev–Trinajstić information content (AvgIpc) is 2.49. The molecule has 1 heterocycles. The predicted molar refractivity (Wildman–Crippen MR) is 56.8 cm³/mol. The molecule has 6 heteroatoms. The van der Waals surface area contributed by atoms with Crippen molar-refractivity contribution in [2.24, 2.45) is 5.73 Å². The third-order valence-corrected chi connectivity index (χ3v) is 2.55. The number of ether oxygens (including phenoxy) is 1. The van der Waals surface area contributed by atoms with Crippen LogP contribution < -0.4 is 11.1 Å². The second-order valence-corrected chi connectivity index (χ2v) is 4.87. The monoisotopic (exact) mass is 230 g/mol. The number of rotatable bonds is 4. The van der Waals surface area contributed by atoms with E-state index in [4.69, 9.17) is 15.6 Å². The summed E-state index contributed by atoms with van der Waals surface area (Å²) in [5.41, 5.74) is 4.03. The fourth-order valence-electron chi connectivity index (χ4n) is 1.61. The topological polar surface area (TPSA) is 102 Å². The Bertz CT molecular complexity index is 295. The summed E-state index contributed by atoms with van der Waals surface area (Å²) >= 11 is 0. The average molecular weight is 230 g/mol. The number of nitrogens with one attached hydrogen (secondary N) is 1. The lowest BCUT2D eigenvalue weighted by Crippen LogP contribution is -2.59. The first-order valence-electron chi connectivity index (χ1n) is 5.16. The molecule has 1 saturated heterocycles. The molecule has 92 valence electrons. The fraction of sp³-hybridized carbons (Fsp3) is 0.800. The highest BCUT2D eigenvalue weighted by Gasteiger charge is 2.40. The van der Waals surface area contributed by atoms with Crippen molar-refractivity contribution in [3.63, 3.8) is 0 Å². The molecule has 1 atom stereocenters. The van der Waals surface area contributed by atoms with E-state index < -0.39 is 17.0 Å². The van der Waals surface area contributed by atoms with Crippen LogP contribution in [0.15, 0.2) is 0 Å². The van der Waals surface area contributed by atoms with Gasteiger partial charge in [0.05, 0.1) is 13.0 Å².